The molecule has 5 rings (SSSR count). The second-order valence-electron chi connectivity index (χ2n) is 8.70. The molecule has 37 heavy (non-hydrogen) atoms. The van der Waals surface area contributed by atoms with Gasteiger partial charge >= 0.3 is 0 Å². The fraction of sp³-hybridized carbons (Fsp3) is 0.241. The van der Waals surface area contributed by atoms with Crippen molar-refractivity contribution in [2.24, 2.45) is 0 Å². The summed E-state index contributed by atoms with van der Waals surface area (Å²) in [4.78, 5) is 28.2. The lowest BCUT2D eigenvalue weighted by Gasteiger charge is -2.26. The van der Waals surface area contributed by atoms with Crippen LogP contribution in [0.5, 0.6) is 23.0 Å². The van der Waals surface area contributed by atoms with E-state index in [-0.39, 0.29) is 17.9 Å². The van der Waals surface area contributed by atoms with E-state index in [9.17, 15) is 14.7 Å². The highest BCUT2D eigenvalue weighted by molar-refractivity contribution is 6.46. The van der Waals surface area contributed by atoms with Crippen molar-refractivity contribution >= 4 is 17.4 Å². The van der Waals surface area contributed by atoms with Gasteiger partial charge in [-0.3, -0.25) is 9.59 Å². The van der Waals surface area contributed by atoms with Crippen molar-refractivity contribution in [3.05, 3.63) is 89.0 Å². The van der Waals surface area contributed by atoms with Crippen LogP contribution in [0, 0.1) is 0 Å². The molecule has 3 aromatic rings. The number of aliphatic hydroxyl groups is 1. The Morgan fingerprint density at radius 2 is 1.65 bits per heavy atom. The zero-order chi connectivity index (χ0) is 25.9. The van der Waals surface area contributed by atoms with Gasteiger partial charge < -0.3 is 29.0 Å². The summed E-state index contributed by atoms with van der Waals surface area (Å²) < 4.78 is 22.1. The number of benzene rings is 3. The number of amides is 1. The Balaban J connectivity index is 1.60. The third-order valence-electron chi connectivity index (χ3n) is 6.56. The molecule has 1 fully saturated rings. The Morgan fingerprint density at radius 1 is 0.919 bits per heavy atom. The largest absolute Gasteiger partial charge is 0.507 e. The lowest BCUT2D eigenvalue weighted by atomic mass is 9.94. The number of hydrogen-bond acceptors (Lipinski definition) is 7. The molecule has 1 saturated heterocycles. The molecule has 3 aromatic carbocycles. The molecule has 2 aliphatic heterocycles. The van der Waals surface area contributed by atoms with E-state index in [2.05, 4.69) is 0 Å². The van der Waals surface area contributed by atoms with Crippen LogP contribution in [0.4, 0.5) is 0 Å². The molecule has 0 saturated carbocycles. The number of nitrogens with zero attached hydrogens (tertiary/aromatic N) is 1. The summed E-state index contributed by atoms with van der Waals surface area (Å²) >= 11 is 0. The zero-order valence-electron chi connectivity index (χ0n) is 20.6. The summed E-state index contributed by atoms with van der Waals surface area (Å²) in [5.41, 5.74) is 2.00. The maximum absolute atomic E-state index is 13.4. The number of ketones is 1. The van der Waals surface area contributed by atoms with E-state index in [1.165, 1.54) is 19.1 Å². The lowest BCUT2D eigenvalue weighted by Crippen LogP contribution is -2.31. The summed E-state index contributed by atoms with van der Waals surface area (Å²) in [7, 11) is 3.05. The summed E-state index contributed by atoms with van der Waals surface area (Å²) in [6.45, 7) is 1.10. The van der Waals surface area contributed by atoms with Gasteiger partial charge in [0.2, 0.25) is 0 Å². The molecule has 0 spiro atoms. The number of hydrogen-bond donors (Lipinski definition) is 1. The standard InChI is InChI=1S/C29H27NO7/c1-34-21-10-8-19(16-23(21)35-2)26-25(27(31)20-9-11-22-24(17-20)37-15-14-36-22)28(32)29(33)30(26)13-12-18-6-4-3-5-7-18/h3-11,16-17,26,31H,12-15H2,1-2H3. The van der Waals surface area contributed by atoms with Gasteiger partial charge in [-0.05, 0) is 47.9 Å². The van der Waals surface area contributed by atoms with Crippen LogP contribution in [-0.2, 0) is 16.0 Å². The Labute approximate surface area is 214 Å². The fourth-order valence-electron chi connectivity index (χ4n) is 4.72. The van der Waals surface area contributed by atoms with Crippen LogP contribution >= 0.6 is 0 Å². The molecule has 0 radical (unpaired) electrons. The number of carbonyl (C=O) groups is 2. The number of fused-ring (bicyclic) bond motifs is 1. The molecule has 1 amide bonds. The van der Waals surface area contributed by atoms with E-state index in [4.69, 9.17) is 18.9 Å². The summed E-state index contributed by atoms with van der Waals surface area (Å²) in [5, 5.41) is 11.4. The van der Waals surface area contributed by atoms with Crippen LogP contribution in [0.15, 0.2) is 72.3 Å². The smallest absolute Gasteiger partial charge is 0.295 e. The van der Waals surface area contributed by atoms with Crippen LogP contribution in [0.1, 0.15) is 22.7 Å². The molecular weight excluding hydrogens is 474 g/mol. The molecule has 0 aromatic heterocycles. The highest BCUT2D eigenvalue weighted by Gasteiger charge is 2.46. The Bertz CT molecular complexity index is 1370. The molecule has 8 heteroatoms. The first kappa shape index (κ1) is 24.2. The molecule has 1 N–H and O–H groups in total. The third kappa shape index (κ3) is 4.58. The normalized spacial score (nSPS) is 18.1. The monoisotopic (exact) mass is 501 g/mol. The molecule has 1 atom stereocenters. The molecule has 2 aliphatic rings. The van der Waals surface area contributed by atoms with Crippen molar-refractivity contribution in [3.8, 4) is 23.0 Å². The van der Waals surface area contributed by atoms with E-state index in [0.717, 1.165) is 5.56 Å². The van der Waals surface area contributed by atoms with E-state index in [0.29, 0.717) is 53.8 Å². The fourth-order valence-corrected chi connectivity index (χ4v) is 4.72. The van der Waals surface area contributed by atoms with E-state index in [1.807, 2.05) is 30.3 Å². The molecule has 0 bridgehead atoms. The zero-order valence-corrected chi connectivity index (χ0v) is 20.6. The first-order valence-corrected chi connectivity index (χ1v) is 12.0. The lowest BCUT2D eigenvalue weighted by molar-refractivity contribution is -0.139. The van der Waals surface area contributed by atoms with Crippen molar-refractivity contribution < 1.29 is 33.6 Å². The summed E-state index contributed by atoms with van der Waals surface area (Å²) in [6.07, 6.45) is 0.543. The third-order valence-corrected chi connectivity index (χ3v) is 6.56. The van der Waals surface area contributed by atoms with Crippen molar-refractivity contribution in [3.63, 3.8) is 0 Å². The number of carbonyl (C=O) groups excluding carboxylic acids is 2. The van der Waals surface area contributed by atoms with Crippen molar-refractivity contribution in [1.29, 1.82) is 0 Å². The van der Waals surface area contributed by atoms with Gasteiger partial charge in [0.05, 0.1) is 25.8 Å². The first-order chi connectivity index (χ1) is 18.0. The van der Waals surface area contributed by atoms with Gasteiger partial charge in [-0.25, -0.2) is 0 Å². The summed E-state index contributed by atoms with van der Waals surface area (Å²) in [5.74, 6) is 0.290. The number of rotatable bonds is 7. The molecule has 2 heterocycles. The Morgan fingerprint density at radius 3 is 2.38 bits per heavy atom. The van der Waals surface area contributed by atoms with Crippen molar-refractivity contribution in [2.75, 3.05) is 34.0 Å². The van der Waals surface area contributed by atoms with E-state index in [1.54, 1.807) is 36.4 Å². The number of likely N-dealkylation sites (tertiary alicyclic amines) is 1. The van der Waals surface area contributed by atoms with Crippen LogP contribution < -0.4 is 18.9 Å². The summed E-state index contributed by atoms with van der Waals surface area (Å²) in [6, 6.07) is 19.0. The number of Topliss-reactive ketones (excluding diaryl/α,β-unsaturated/α-hetero) is 1. The van der Waals surface area contributed by atoms with Gasteiger partial charge in [0.25, 0.3) is 11.7 Å². The quantitative estimate of drug-likeness (QED) is 0.295. The van der Waals surface area contributed by atoms with Crippen LogP contribution in [0.25, 0.3) is 5.76 Å². The maximum atomic E-state index is 13.4. The van der Waals surface area contributed by atoms with Gasteiger partial charge in [-0.1, -0.05) is 36.4 Å². The maximum Gasteiger partial charge on any atom is 0.295 e. The van der Waals surface area contributed by atoms with Gasteiger partial charge in [-0.2, -0.15) is 0 Å². The average molecular weight is 502 g/mol. The second-order valence-corrected chi connectivity index (χ2v) is 8.70. The minimum absolute atomic E-state index is 0.00181. The van der Waals surface area contributed by atoms with E-state index >= 15 is 0 Å². The van der Waals surface area contributed by atoms with Gasteiger partial charge in [0.1, 0.15) is 19.0 Å². The molecule has 190 valence electrons. The average Bonchev–Trinajstić information content (AvgIpc) is 3.20. The second kappa shape index (κ2) is 10.3. The van der Waals surface area contributed by atoms with Gasteiger partial charge in [0.15, 0.2) is 23.0 Å². The Kier molecular flexibility index (Phi) is 6.72. The SMILES string of the molecule is COc1ccc(C2C(=C(O)c3ccc4c(c3)OCCO4)C(=O)C(=O)N2CCc2ccccc2)cc1OC. The highest BCUT2D eigenvalue weighted by Crippen LogP contribution is 2.43. The Hall–Kier alpha value is -4.46. The van der Waals surface area contributed by atoms with Crippen molar-refractivity contribution in [2.45, 2.75) is 12.5 Å². The minimum Gasteiger partial charge on any atom is -0.507 e. The molecule has 8 nitrogen and oxygen atoms in total. The highest BCUT2D eigenvalue weighted by atomic mass is 16.6. The molecule has 0 aliphatic carbocycles. The van der Waals surface area contributed by atoms with Crippen LogP contribution in [0.3, 0.4) is 0 Å². The predicted octanol–water partition coefficient (Wildman–Crippen LogP) is 4.14. The van der Waals surface area contributed by atoms with Crippen LogP contribution in [-0.4, -0.2) is 55.7 Å². The number of methoxy groups -OCH3 is 2. The topological polar surface area (TPSA) is 94.5 Å². The number of ether oxygens (including phenoxy) is 4. The van der Waals surface area contributed by atoms with Gasteiger partial charge in [-0.15, -0.1) is 0 Å². The van der Waals surface area contributed by atoms with Gasteiger partial charge in [0, 0.05) is 12.1 Å². The minimum atomic E-state index is -0.822. The van der Waals surface area contributed by atoms with Crippen LogP contribution in [0.2, 0.25) is 0 Å². The number of aliphatic hydroxyl groups excluding tert-OH is 1. The predicted molar refractivity (Wildman–Crippen MR) is 136 cm³/mol. The molecule has 1 unspecified atom stereocenters. The molecular formula is C29H27NO7. The first-order valence-electron chi connectivity index (χ1n) is 12.0. The van der Waals surface area contributed by atoms with E-state index < -0.39 is 17.7 Å². The van der Waals surface area contributed by atoms with Crippen molar-refractivity contribution in [1.82, 2.24) is 4.90 Å².